The van der Waals surface area contributed by atoms with Crippen LogP contribution < -0.4 is 18.9 Å². The summed E-state index contributed by atoms with van der Waals surface area (Å²) in [5.41, 5.74) is 1.11. The molecule has 0 spiro atoms. The van der Waals surface area contributed by atoms with E-state index in [0.29, 0.717) is 49.6 Å². The molecule has 8 nitrogen and oxygen atoms in total. The Kier molecular flexibility index (Phi) is 8.86. The maximum atomic E-state index is 12.7. The number of rotatable bonds is 10. The second-order valence-corrected chi connectivity index (χ2v) is 9.28. The molecule has 200 valence electrons. The molecule has 4 aromatic rings. The molecule has 1 aliphatic heterocycles. The van der Waals surface area contributed by atoms with Crippen molar-refractivity contribution in [3.63, 3.8) is 0 Å². The fourth-order valence-corrected chi connectivity index (χ4v) is 4.24. The van der Waals surface area contributed by atoms with E-state index in [9.17, 15) is 4.79 Å². The van der Waals surface area contributed by atoms with Gasteiger partial charge in [0.1, 0.15) is 23.0 Å². The molecule has 1 amide bonds. The van der Waals surface area contributed by atoms with Crippen molar-refractivity contribution in [1.29, 1.82) is 0 Å². The highest BCUT2D eigenvalue weighted by molar-refractivity contribution is 5.70. The Morgan fingerprint density at radius 1 is 0.769 bits per heavy atom. The average molecular weight is 526 g/mol. The highest BCUT2D eigenvalue weighted by atomic mass is 16.6. The van der Waals surface area contributed by atoms with Gasteiger partial charge in [-0.1, -0.05) is 18.2 Å². The summed E-state index contributed by atoms with van der Waals surface area (Å²) in [6.07, 6.45) is 7.28. The Labute approximate surface area is 228 Å². The van der Waals surface area contributed by atoms with Gasteiger partial charge < -0.3 is 23.8 Å². The highest BCUT2D eigenvalue weighted by Crippen LogP contribution is 2.24. The van der Waals surface area contributed by atoms with Crippen molar-refractivity contribution in [2.24, 2.45) is 5.92 Å². The summed E-state index contributed by atoms with van der Waals surface area (Å²) in [7, 11) is 0. The Bertz CT molecular complexity index is 1290. The first-order valence-corrected chi connectivity index (χ1v) is 13.1. The van der Waals surface area contributed by atoms with Gasteiger partial charge in [-0.25, -0.2) is 9.78 Å². The van der Waals surface area contributed by atoms with E-state index < -0.39 is 0 Å². The molecule has 5 rings (SSSR count). The van der Waals surface area contributed by atoms with Gasteiger partial charge in [-0.2, -0.15) is 0 Å². The summed E-state index contributed by atoms with van der Waals surface area (Å²) in [5, 5.41) is 0. The molecule has 0 radical (unpaired) electrons. The zero-order valence-electron chi connectivity index (χ0n) is 21.6. The lowest BCUT2D eigenvalue weighted by atomic mass is 9.98. The number of piperidine rings is 1. The summed E-state index contributed by atoms with van der Waals surface area (Å²) in [4.78, 5) is 22.6. The first-order valence-electron chi connectivity index (χ1n) is 13.1. The van der Waals surface area contributed by atoms with Gasteiger partial charge in [0, 0.05) is 44.2 Å². The summed E-state index contributed by atoms with van der Waals surface area (Å²) in [6.45, 7) is 2.46. The molecule has 1 saturated heterocycles. The zero-order valence-corrected chi connectivity index (χ0v) is 21.6. The van der Waals surface area contributed by atoms with E-state index in [0.717, 1.165) is 36.3 Å². The second kappa shape index (κ2) is 13.3. The normalized spacial score (nSPS) is 13.5. The maximum Gasteiger partial charge on any atom is 0.415 e. The summed E-state index contributed by atoms with van der Waals surface area (Å²) < 4.78 is 23.0. The number of ether oxygens (including phenoxy) is 4. The quantitative estimate of drug-likeness (QED) is 0.244. The number of amides is 1. The Hall–Kier alpha value is -4.59. The van der Waals surface area contributed by atoms with Crippen LogP contribution in [0, 0.1) is 5.92 Å². The van der Waals surface area contributed by atoms with Crippen LogP contribution in [0.2, 0.25) is 0 Å². The van der Waals surface area contributed by atoms with E-state index in [1.54, 1.807) is 23.5 Å². The number of hydrogen-bond donors (Lipinski definition) is 0. The van der Waals surface area contributed by atoms with Crippen molar-refractivity contribution in [2.45, 2.75) is 19.3 Å². The van der Waals surface area contributed by atoms with Crippen molar-refractivity contribution < 1.29 is 23.7 Å². The number of pyridine rings is 2. The molecule has 8 heteroatoms. The fourth-order valence-electron chi connectivity index (χ4n) is 4.24. The smallest absolute Gasteiger partial charge is 0.415 e. The van der Waals surface area contributed by atoms with Crippen molar-refractivity contribution in [2.75, 3.05) is 26.3 Å². The second-order valence-electron chi connectivity index (χ2n) is 9.28. The van der Waals surface area contributed by atoms with Crippen LogP contribution in [0.5, 0.6) is 28.9 Å². The van der Waals surface area contributed by atoms with Crippen molar-refractivity contribution in [1.82, 2.24) is 14.9 Å². The first-order chi connectivity index (χ1) is 19.2. The van der Waals surface area contributed by atoms with Crippen LogP contribution in [0.4, 0.5) is 4.79 Å². The molecule has 0 atom stereocenters. The van der Waals surface area contributed by atoms with Crippen molar-refractivity contribution in [3.05, 3.63) is 103 Å². The number of nitrogens with zero attached hydrogens (tertiary/aromatic N) is 3. The van der Waals surface area contributed by atoms with Crippen LogP contribution in [-0.4, -0.2) is 47.3 Å². The minimum Gasteiger partial charge on any atom is -0.493 e. The van der Waals surface area contributed by atoms with Gasteiger partial charge in [-0.05, 0) is 78.9 Å². The topological polar surface area (TPSA) is 83.0 Å². The Balaban J connectivity index is 0.995. The molecule has 2 aromatic heterocycles. The molecule has 0 aliphatic carbocycles. The summed E-state index contributed by atoms with van der Waals surface area (Å²) in [5.74, 6) is 3.77. The van der Waals surface area contributed by atoms with Gasteiger partial charge in [-0.15, -0.1) is 0 Å². The Morgan fingerprint density at radius 3 is 2.18 bits per heavy atom. The molecular formula is C31H31N3O5. The monoisotopic (exact) mass is 525 g/mol. The average Bonchev–Trinajstić information content (AvgIpc) is 2.99. The number of aromatic nitrogens is 2. The third kappa shape index (κ3) is 7.95. The molecular weight excluding hydrogens is 494 g/mol. The number of likely N-dealkylation sites (tertiary alicyclic amines) is 1. The molecule has 0 unspecified atom stereocenters. The molecule has 0 N–H and O–H groups in total. The van der Waals surface area contributed by atoms with E-state index in [4.69, 9.17) is 18.9 Å². The van der Waals surface area contributed by atoms with Gasteiger partial charge in [0.25, 0.3) is 0 Å². The lowest BCUT2D eigenvalue weighted by Crippen LogP contribution is -2.41. The maximum absolute atomic E-state index is 12.7. The number of carbonyl (C=O) groups is 1. The summed E-state index contributed by atoms with van der Waals surface area (Å²) >= 11 is 0. The number of carbonyl (C=O) groups excluding carboxylic acids is 1. The molecule has 0 saturated carbocycles. The van der Waals surface area contributed by atoms with Crippen molar-refractivity contribution in [3.8, 4) is 28.9 Å². The van der Waals surface area contributed by atoms with Crippen LogP contribution in [0.3, 0.4) is 0 Å². The van der Waals surface area contributed by atoms with Crippen LogP contribution in [-0.2, 0) is 6.42 Å². The van der Waals surface area contributed by atoms with E-state index in [-0.39, 0.29) is 6.09 Å². The molecule has 2 aromatic carbocycles. The number of benzene rings is 2. The van der Waals surface area contributed by atoms with E-state index >= 15 is 0 Å². The van der Waals surface area contributed by atoms with Gasteiger partial charge in [0.2, 0.25) is 5.88 Å². The van der Waals surface area contributed by atoms with Gasteiger partial charge in [0.05, 0.1) is 13.2 Å². The molecule has 1 fully saturated rings. The molecule has 39 heavy (non-hydrogen) atoms. The van der Waals surface area contributed by atoms with Crippen LogP contribution in [0.25, 0.3) is 0 Å². The predicted octanol–water partition coefficient (Wildman–Crippen LogP) is 6.18. The lowest BCUT2D eigenvalue weighted by Gasteiger charge is -2.31. The lowest BCUT2D eigenvalue weighted by molar-refractivity contribution is 0.117. The predicted molar refractivity (Wildman–Crippen MR) is 146 cm³/mol. The van der Waals surface area contributed by atoms with E-state index in [1.807, 2.05) is 78.9 Å². The third-order valence-electron chi connectivity index (χ3n) is 6.48. The van der Waals surface area contributed by atoms with Gasteiger partial charge in [0.15, 0.2) is 0 Å². The zero-order chi connectivity index (χ0) is 26.7. The van der Waals surface area contributed by atoms with Gasteiger partial charge in [-0.3, -0.25) is 4.98 Å². The molecule has 3 heterocycles. The molecule has 1 aliphatic rings. The standard InChI is InChI=1S/C31H31N3O5/c35-31(39-29-6-4-24(5-7-29)16-22-36-27-12-18-32-19-13-27)34-20-14-25(15-21-34)23-37-26-8-10-28(11-9-26)38-30-3-1-2-17-33-30/h1-13,17-19,25H,14-16,20-23H2. The van der Waals surface area contributed by atoms with Crippen LogP contribution in [0.15, 0.2) is 97.5 Å². The molecule has 0 bridgehead atoms. The number of hydrogen-bond acceptors (Lipinski definition) is 7. The van der Waals surface area contributed by atoms with Gasteiger partial charge >= 0.3 is 6.09 Å². The van der Waals surface area contributed by atoms with E-state index in [1.165, 1.54) is 0 Å². The van der Waals surface area contributed by atoms with Crippen LogP contribution in [0.1, 0.15) is 18.4 Å². The SMILES string of the molecule is O=C(Oc1ccc(CCOc2ccncc2)cc1)N1CCC(COc2ccc(Oc3ccccn3)cc2)CC1. The minimum absolute atomic E-state index is 0.313. The van der Waals surface area contributed by atoms with Crippen molar-refractivity contribution >= 4 is 6.09 Å². The largest absolute Gasteiger partial charge is 0.493 e. The first kappa shape index (κ1) is 26.0. The van der Waals surface area contributed by atoms with E-state index in [2.05, 4.69) is 9.97 Å². The Morgan fingerprint density at radius 2 is 1.46 bits per heavy atom. The highest BCUT2D eigenvalue weighted by Gasteiger charge is 2.24. The third-order valence-corrected chi connectivity index (χ3v) is 6.48. The summed E-state index contributed by atoms with van der Waals surface area (Å²) in [6, 6.07) is 24.3. The minimum atomic E-state index is -0.313. The van der Waals surface area contributed by atoms with Crippen LogP contribution >= 0.6 is 0 Å². The fraction of sp³-hybridized carbons (Fsp3) is 0.258.